The molecule has 2 N–H and O–H groups in total. The molecule has 1 aliphatic heterocycles. The minimum atomic E-state index is -4.65. The van der Waals surface area contributed by atoms with E-state index in [1.54, 1.807) is 0 Å². The summed E-state index contributed by atoms with van der Waals surface area (Å²) < 4.78 is 50.6. The number of halogens is 4. The van der Waals surface area contributed by atoms with Crippen LogP contribution in [0.3, 0.4) is 0 Å². The van der Waals surface area contributed by atoms with Crippen LogP contribution in [0.1, 0.15) is 17.2 Å². The Labute approximate surface area is 96.0 Å². The van der Waals surface area contributed by atoms with Crippen molar-refractivity contribution >= 4 is 0 Å². The first kappa shape index (κ1) is 12.3. The highest BCUT2D eigenvalue weighted by Crippen LogP contribution is 2.33. The molecule has 0 radical (unpaired) electrons. The van der Waals surface area contributed by atoms with Crippen LogP contribution in [-0.2, 0) is 6.18 Å². The van der Waals surface area contributed by atoms with E-state index in [4.69, 9.17) is 0 Å². The first-order chi connectivity index (χ1) is 7.98. The summed E-state index contributed by atoms with van der Waals surface area (Å²) in [5.74, 6) is -1.23. The molecule has 1 aliphatic rings. The molecule has 0 saturated carbocycles. The number of rotatable bonds is 1. The number of nitrogens with one attached hydrogen (secondary N) is 2. The highest BCUT2D eigenvalue weighted by Gasteiger charge is 2.34. The third-order valence-electron chi connectivity index (χ3n) is 2.74. The molecule has 0 aliphatic carbocycles. The van der Waals surface area contributed by atoms with Crippen molar-refractivity contribution in [1.82, 2.24) is 10.6 Å². The lowest BCUT2D eigenvalue weighted by atomic mass is 10.0. The van der Waals surface area contributed by atoms with Gasteiger partial charge in [0.05, 0.1) is 5.56 Å². The van der Waals surface area contributed by atoms with E-state index in [2.05, 4.69) is 10.6 Å². The summed E-state index contributed by atoms with van der Waals surface area (Å²) in [6.07, 6.45) is -4.65. The Hall–Kier alpha value is -1.14. The fraction of sp³-hybridized carbons (Fsp3) is 0.455. The zero-order valence-electron chi connectivity index (χ0n) is 8.94. The van der Waals surface area contributed by atoms with Gasteiger partial charge in [0.25, 0.3) is 0 Å². The Morgan fingerprint density at radius 3 is 2.53 bits per heavy atom. The van der Waals surface area contributed by atoms with Crippen molar-refractivity contribution in [3.8, 4) is 0 Å². The SMILES string of the molecule is Fc1ccc([C@H]2CNCCN2)cc1C(F)(F)F. The molecule has 1 fully saturated rings. The van der Waals surface area contributed by atoms with E-state index < -0.39 is 17.6 Å². The van der Waals surface area contributed by atoms with Crippen molar-refractivity contribution in [3.05, 3.63) is 35.1 Å². The van der Waals surface area contributed by atoms with Crippen molar-refractivity contribution in [1.29, 1.82) is 0 Å². The van der Waals surface area contributed by atoms with Crippen LogP contribution >= 0.6 is 0 Å². The van der Waals surface area contributed by atoms with Gasteiger partial charge in [-0.1, -0.05) is 6.07 Å². The van der Waals surface area contributed by atoms with Crippen molar-refractivity contribution in [3.63, 3.8) is 0 Å². The number of hydrogen-bond donors (Lipinski definition) is 2. The highest BCUT2D eigenvalue weighted by molar-refractivity contribution is 5.30. The summed E-state index contributed by atoms with van der Waals surface area (Å²) in [5, 5.41) is 6.15. The van der Waals surface area contributed by atoms with E-state index in [-0.39, 0.29) is 6.04 Å². The Morgan fingerprint density at radius 2 is 1.94 bits per heavy atom. The van der Waals surface area contributed by atoms with E-state index in [1.807, 2.05) is 0 Å². The largest absolute Gasteiger partial charge is 0.419 e. The van der Waals surface area contributed by atoms with Crippen LogP contribution in [0.25, 0.3) is 0 Å². The van der Waals surface area contributed by atoms with E-state index in [0.29, 0.717) is 18.7 Å². The normalized spacial score (nSPS) is 21.5. The summed E-state index contributed by atoms with van der Waals surface area (Å²) in [4.78, 5) is 0. The van der Waals surface area contributed by atoms with Crippen LogP contribution in [0.2, 0.25) is 0 Å². The predicted molar refractivity (Wildman–Crippen MR) is 55.0 cm³/mol. The monoisotopic (exact) mass is 248 g/mol. The molecule has 0 spiro atoms. The van der Waals surface area contributed by atoms with Crippen LogP contribution in [0, 0.1) is 5.82 Å². The lowest BCUT2D eigenvalue weighted by Gasteiger charge is -2.25. The van der Waals surface area contributed by atoms with Crippen molar-refractivity contribution in [2.45, 2.75) is 12.2 Å². The third-order valence-corrected chi connectivity index (χ3v) is 2.74. The van der Waals surface area contributed by atoms with E-state index in [0.717, 1.165) is 18.7 Å². The van der Waals surface area contributed by atoms with Gasteiger partial charge >= 0.3 is 6.18 Å². The first-order valence-corrected chi connectivity index (χ1v) is 5.29. The van der Waals surface area contributed by atoms with E-state index >= 15 is 0 Å². The van der Waals surface area contributed by atoms with Crippen LogP contribution in [0.15, 0.2) is 18.2 Å². The number of alkyl halides is 3. The van der Waals surface area contributed by atoms with Gasteiger partial charge in [0.1, 0.15) is 5.82 Å². The van der Waals surface area contributed by atoms with Crippen LogP contribution < -0.4 is 10.6 Å². The Morgan fingerprint density at radius 1 is 1.18 bits per heavy atom. The zero-order valence-corrected chi connectivity index (χ0v) is 8.94. The summed E-state index contributed by atoms with van der Waals surface area (Å²) in [7, 11) is 0. The maximum Gasteiger partial charge on any atom is 0.419 e. The second-order valence-electron chi connectivity index (χ2n) is 3.95. The van der Waals surface area contributed by atoms with E-state index in [9.17, 15) is 17.6 Å². The predicted octanol–water partition coefficient (Wildman–Crippen LogP) is 2.08. The molecule has 0 bridgehead atoms. The quantitative estimate of drug-likeness (QED) is 0.743. The van der Waals surface area contributed by atoms with Crippen molar-refractivity contribution in [2.24, 2.45) is 0 Å². The standard InChI is InChI=1S/C11H12F4N2/c12-9-2-1-7(5-8(9)11(13,14)15)10-6-16-3-4-17-10/h1-2,5,10,16-17H,3-4,6H2/t10-/m1/s1. The van der Waals surface area contributed by atoms with Gasteiger partial charge in [0.15, 0.2) is 0 Å². The molecule has 1 heterocycles. The minimum absolute atomic E-state index is 0.203. The maximum atomic E-state index is 13.1. The lowest BCUT2D eigenvalue weighted by molar-refractivity contribution is -0.140. The molecular formula is C11H12F4N2. The molecule has 17 heavy (non-hydrogen) atoms. The molecule has 0 aromatic heterocycles. The summed E-state index contributed by atoms with van der Waals surface area (Å²) in [6.45, 7) is 2.01. The van der Waals surface area contributed by atoms with Gasteiger partial charge in [0.2, 0.25) is 0 Å². The zero-order chi connectivity index (χ0) is 12.5. The molecule has 0 amide bonds. The third kappa shape index (κ3) is 2.76. The Balaban J connectivity index is 2.30. The van der Waals surface area contributed by atoms with Gasteiger partial charge in [-0.3, -0.25) is 0 Å². The molecule has 1 aromatic rings. The van der Waals surface area contributed by atoms with Gasteiger partial charge in [-0.15, -0.1) is 0 Å². The molecule has 2 rings (SSSR count). The molecule has 94 valence electrons. The smallest absolute Gasteiger partial charge is 0.314 e. The molecule has 6 heteroatoms. The Bertz CT molecular complexity index is 397. The maximum absolute atomic E-state index is 13.1. The number of hydrogen-bond acceptors (Lipinski definition) is 2. The summed E-state index contributed by atoms with van der Waals surface area (Å²) >= 11 is 0. The number of benzene rings is 1. The van der Waals surface area contributed by atoms with Crippen LogP contribution in [0.4, 0.5) is 17.6 Å². The molecule has 1 atom stereocenters. The second kappa shape index (κ2) is 4.62. The highest BCUT2D eigenvalue weighted by atomic mass is 19.4. The molecule has 1 aromatic carbocycles. The topological polar surface area (TPSA) is 24.1 Å². The lowest BCUT2D eigenvalue weighted by Crippen LogP contribution is -2.42. The molecule has 2 nitrogen and oxygen atoms in total. The summed E-state index contributed by atoms with van der Waals surface area (Å²) in [6, 6.07) is 2.93. The van der Waals surface area contributed by atoms with Crippen molar-refractivity contribution in [2.75, 3.05) is 19.6 Å². The Kier molecular flexibility index (Phi) is 3.35. The molecular weight excluding hydrogens is 236 g/mol. The van der Waals surface area contributed by atoms with Gasteiger partial charge in [-0.25, -0.2) is 4.39 Å². The van der Waals surface area contributed by atoms with Gasteiger partial charge in [-0.05, 0) is 17.7 Å². The minimum Gasteiger partial charge on any atom is -0.314 e. The second-order valence-corrected chi connectivity index (χ2v) is 3.95. The fourth-order valence-electron chi connectivity index (χ4n) is 1.87. The van der Waals surface area contributed by atoms with Gasteiger partial charge in [0, 0.05) is 25.7 Å². The van der Waals surface area contributed by atoms with Crippen LogP contribution in [-0.4, -0.2) is 19.6 Å². The first-order valence-electron chi connectivity index (χ1n) is 5.29. The van der Waals surface area contributed by atoms with Crippen LogP contribution in [0.5, 0.6) is 0 Å². The van der Waals surface area contributed by atoms with Gasteiger partial charge in [-0.2, -0.15) is 13.2 Å². The van der Waals surface area contributed by atoms with Gasteiger partial charge < -0.3 is 10.6 Å². The fourth-order valence-corrected chi connectivity index (χ4v) is 1.87. The van der Waals surface area contributed by atoms with E-state index in [1.165, 1.54) is 6.07 Å². The average molecular weight is 248 g/mol. The number of piperazine rings is 1. The summed E-state index contributed by atoms with van der Waals surface area (Å²) in [5.41, 5.74) is -0.756. The average Bonchev–Trinajstić information content (AvgIpc) is 2.29. The molecule has 0 unspecified atom stereocenters. The molecule has 1 saturated heterocycles. The van der Waals surface area contributed by atoms with Crippen molar-refractivity contribution < 1.29 is 17.6 Å².